The molecule has 1 aromatic rings. The lowest BCUT2D eigenvalue weighted by Gasteiger charge is -2.22. The van der Waals surface area contributed by atoms with Crippen LogP contribution in [-0.4, -0.2) is 10.2 Å². The molecule has 0 saturated carbocycles. The van der Waals surface area contributed by atoms with Crippen LogP contribution in [0.15, 0.2) is 0 Å². The van der Waals surface area contributed by atoms with E-state index in [1.807, 2.05) is 0 Å². The number of H-pyrrole nitrogens is 1. The van der Waals surface area contributed by atoms with E-state index in [0.717, 1.165) is 19.3 Å². The second-order valence-corrected chi connectivity index (χ2v) is 4.45. The second kappa shape index (κ2) is 4.03. The van der Waals surface area contributed by atoms with Gasteiger partial charge in [0.25, 0.3) is 0 Å². The first-order valence-electron chi connectivity index (χ1n) is 5.36. The van der Waals surface area contributed by atoms with Crippen molar-refractivity contribution in [2.45, 2.75) is 52.4 Å². The molecule has 0 spiro atoms. The minimum absolute atomic E-state index is 0.148. The lowest BCUT2D eigenvalue weighted by molar-refractivity contribution is 0.484. The molecule has 0 aliphatic heterocycles. The summed E-state index contributed by atoms with van der Waals surface area (Å²) in [5.74, 6) is 0.670. The van der Waals surface area contributed by atoms with Crippen LogP contribution >= 0.6 is 0 Å². The van der Waals surface area contributed by atoms with Crippen LogP contribution in [0.2, 0.25) is 0 Å². The van der Waals surface area contributed by atoms with Crippen molar-refractivity contribution in [3.05, 3.63) is 11.3 Å². The Hall–Kier alpha value is -0.990. The topological polar surface area (TPSA) is 54.7 Å². The van der Waals surface area contributed by atoms with Crippen molar-refractivity contribution in [1.82, 2.24) is 10.2 Å². The Bertz CT molecular complexity index is 299. The average Bonchev–Trinajstić information content (AvgIpc) is 2.50. The molecule has 0 aliphatic rings. The molecule has 3 heteroatoms. The van der Waals surface area contributed by atoms with E-state index in [4.69, 9.17) is 5.73 Å². The van der Waals surface area contributed by atoms with Crippen LogP contribution in [0.4, 0.5) is 5.82 Å². The van der Waals surface area contributed by atoms with Gasteiger partial charge in [-0.1, -0.05) is 34.1 Å². The zero-order valence-corrected chi connectivity index (χ0v) is 9.65. The first-order valence-corrected chi connectivity index (χ1v) is 5.36. The number of nitrogens with zero attached hydrogens (tertiary/aromatic N) is 1. The molecule has 0 aliphatic carbocycles. The van der Waals surface area contributed by atoms with Crippen molar-refractivity contribution in [1.29, 1.82) is 0 Å². The molecule has 0 saturated heterocycles. The number of nitrogen functional groups attached to an aromatic ring is 1. The molecule has 0 aromatic carbocycles. The highest BCUT2D eigenvalue weighted by Crippen LogP contribution is 2.30. The Balaban J connectivity index is 3.08. The highest BCUT2D eigenvalue weighted by Gasteiger charge is 2.24. The molecule has 0 amide bonds. The van der Waals surface area contributed by atoms with Gasteiger partial charge < -0.3 is 5.73 Å². The third-order valence-electron chi connectivity index (χ3n) is 2.96. The van der Waals surface area contributed by atoms with Crippen molar-refractivity contribution < 1.29 is 0 Å². The predicted molar refractivity (Wildman–Crippen MR) is 60.3 cm³/mol. The average molecular weight is 195 g/mol. The Morgan fingerprint density at radius 2 is 2.00 bits per heavy atom. The molecule has 14 heavy (non-hydrogen) atoms. The smallest absolute Gasteiger partial charge is 0.148 e. The number of anilines is 1. The Kier molecular flexibility index (Phi) is 3.19. The van der Waals surface area contributed by atoms with Gasteiger partial charge in [0.1, 0.15) is 5.82 Å². The number of aromatic nitrogens is 2. The molecule has 1 rings (SSSR count). The van der Waals surface area contributed by atoms with Gasteiger partial charge in [0.05, 0.1) is 0 Å². The Labute approximate surface area is 86.1 Å². The molecule has 0 unspecified atom stereocenters. The van der Waals surface area contributed by atoms with Crippen molar-refractivity contribution in [3.63, 3.8) is 0 Å². The number of rotatable bonds is 4. The van der Waals surface area contributed by atoms with E-state index in [1.54, 1.807) is 0 Å². The highest BCUT2D eigenvalue weighted by atomic mass is 15.2. The summed E-state index contributed by atoms with van der Waals surface area (Å²) in [6.45, 7) is 8.79. The van der Waals surface area contributed by atoms with Crippen LogP contribution in [0.3, 0.4) is 0 Å². The molecule has 1 heterocycles. The zero-order valence-electron chi connectivity index (χ0n) is 9.65. The zero-order chi connectivity index (χ0) is 10.8. The van der Waals surface area contributed by atoms with E-state index in [9.17, 15) is 0 Å². The third kappa shape index (κ3) is 1.91. The molecule has 0 atom stereocenters. The van der Waals surface area contributed by atoms with Crippen LogP contribution in [0, 0.1) is 0 Å². The maximum absolute atomic E-state index is 5.84. The maximum atomic E-state index is 5.84. The van der Waals surface area contributed by atoms with Crippen molar-refractivity contribution >= 4 is 5.82 Å². The molecular formula is C11H21N3. The quantitative estimate of drug-likeness (QED) is 0.776. The summed E-state index contributed by atoms with van der Waals surface area (Å²) < 4.78 is 0. The summed E-state index contributed by atoms with van der Waals surface area (Å²) in [6.07, 6.45) is 3.21. The minimum Gasteiger partial charge on any atom is -0.382 e. The molecule has 3 N–H and O–H groups in total. The van der Waals surface area contributed by atoms with Crippen LogP contribution in [0.1, 0.15) is 51.8 Å². The van der Waals surface area contributed by atoms with E-state index in [2.05, 4.69) is 37.9 Å². The lowest BCUT2D eigenvalue weighted by Crippen LogP contribution is -2.18. The molecular weight excluding hydrogens is 174 g/mol. The number of hydrogen-bond donors (Lipinski definition) is 2. The fourth-order valence-electron chi connectivity index (χ4n) is 1.62. The van der Waals surface area contributed by atoms with Gasteiger partial charge in [-0.2, -0.15) is 5.10 Å². The molecule has 0 radical (unpaired) electrons. The third-order valence-corrected chi connectivity index (χ3v) is 2.96. The summed E-state index contributed by atoms with van der Waals surface area (Å²) in [6, 6.07) is 0. The van der Waals surface area contributed by atoms with E-state index in [0.29, 0.717) is 5.82 Å². The standard InChI is InChI=1S/C11H21N3/c1-5-7-8-9(11(3,4)6-2)13-14-10(8)12/h5-7H2,1-4H3,(H3,12,13,14). The van der Waals surface area contributed by atoms with Gasteiger partial charge in [-0.25, -0.2) is 0 Å². The van der Waals surface area contributed by atoms with Gasteiger partial charge in [-0.3, -0.25) is 5.10 Å². The molecule has 80 valence electrons. The van der Waals surface area contributed by atoms with Gasteiger partial charge >= 0.3 is 0 Å². The Morgan fingerprint density at radius 1 is 1.36 bits per heavy atom. The minimum atomic E-state index is 0.148. The van der Waals surface area contributed by atoms with Crippen molar-refractivity contribution in [2.75, 3.05) is 5.73 Å². The van der Waals surface area contributed by atoms with Crippen LogP contribution in [0.25, 0.3) is 0 Å². The molecule has 3 nitrogen and oxygen atoms in total. The van der Waals surface area contributed by atoms with Crippen LogP contribution in [0.5, 0.6) is 0 Å². The summed E-state index contributed by atoms with van der Waals surface area (Å²) in [5, 5.41) is 7.18. The van der Waals surface area contributed by atoms with Crippen LogP contribution < -0.4 is 5.73 Å². The number of nitrogens with two attached hydrogens (primary N) is 1. The largest absolute Gasteiger partial charge is 0.382 e. The van der Waals surface area contributed by atoms with E-state index < -0.39 is 0 Å². The van der Waals surface area contributed by atoms with E-state index in [-0.39, 0.29) is 5.41 Å². The number of aromatic amines is 1. The lowest BCUT2D eigenvalue weighted by atomic mass is 9.83. The molecule has 0 fully saturated rings. The Morgan fingerprint density at radius 3 is 2.50 bits per heavy atom. The summed E-state index contributed by atoms with van der Waals surface area (Å²) in [4.78, 5) is 0. The van der Waals surface area contributed by atoms with Crippen molar-refractivity contribution in [2.24, 2.45) is 0 Å². The highest BCUT2D eigenvalue weighted by molar-refractivity contribution is 5.44. The molecule has 0 bridgehead atoms. The summed E-state index contributed by atoms with van der Waals surface area (Å²) in [5.41, 5.74) is 8.40. The first-order chi connectivity index (χ1) is 6.53. The SMILES string of the molecule is CCCc1c(N)n[nH]c1C(C)(C)CC. The molecule has 1 aromatic heterocycles. The summed E-state index contributed by atoms with van der Waals surface area (Å²) in [7, 11) is 0. The fourth-order valence-corrected chi connectivity index (χ4v) is 1.62. The van der Waals surface area contributed by atoms with E-state index in [1.165, 1.54) is 11.3 Å². The summed E-state index contributed by atoms with van der Waals surface area (Å²) >= 11 is 0. The maximum Gasteiger partial charge on any atom is 0.148 e. The fraction of sp³-hybridized carbons (Fsp3) is 0.727. The first kappa shape index (κ1) is 11.1. The van der Waals surface area contributed by atoms with E-state index >= 15 is 0 Å². The number of nitrogens with one attached hydrogen (secondary N) is 1. The van der Waals surface area contributed by atoms with Gasteiger partial charge in [0.15, 0.2) is 0 Å². The van der Waals surface area contributed by atoms with Gasteiger partial charge in [0.2, 0.25) is 0 Å². The normalized spacial score (nSPS) is 12.0. The monoisotopic (exact) mass is 195 g/mol. The van der Waals surface area contributed by atoms with Gasteiger partial charge in [-0.15, -0.1) is 0 Å². The second-order valence-electron chi connectivity index (χ2n) is 4.45. The van der Waals surface area contributed by atoms with Crippen LogP contribution in [-0.2, 0) is 11.8 Å². The van der Waals surface area contributed by atoms with Crippen molar-refractivity contribution in [3.8, 4) is 0 Å². The number of hydrogen-bond acceptors (Lipinski definition) is 2. The predicted octanol–water partition coefficient (Wildman–Crippen LogP) is 2.63. The van der Waals surface area contributed by atoms with Gasteiger partial charge in [-0.05, 0) is 12.8 Å². The van der Waals surface area contributed by atoms with Gasteiger partial charge in [0, 0.05) is 16.7 Å².